The van der Waals surface area contributed by atoms with Crippen LogP contribution in [0.25, 0.3) is 0 Å². The van der Waals surface area contributed by atoms with Crippen molar-refractivity contribution < 1.29 is 0 Å². The molecule has 0 aromatic carbocycles. The number of hydrogen-bond donors (Lipinski definition) is 0. The fraction of sp³-hybridized carbons (Fsp3) is 0.714. The average Bonchev–Trinajstić information content (AvgIpc) is 1.64. The summed E-state index contributed by atoms with van der Waals surface area (Å²) < 4.78 is 0. The molecular weight excluding hydrogens is 112 g/mol. The van der Waals surface area contributed by atoms with E-state index < -0.39 is 0 Å². The zero-order valence-corrected chi connectivity index (χ0v) is 7.61. The molecular formula is C7H14Si. The SMILES string of the molecule is C=CCC1([SiH3])CCC1. The van der Waals surface area contributed by atoms with Gasteiger partial charge in [-0.25, -0.2) is 0 Å². The van der Waals surface area contributed by atoms with Crippen LogP contribution in [0.1, 0.15) is 25.7 Å². The smallest absolute Gasteiger partial charge is 0.0110 e. The van der Waals surface area contributed by atoms with E-state index in [1.165, 1.54) is 35.9 Å². The molecule has 0 aromatic rings. The van der Waals surface area contributed by atoms with E-state index in [-0.39, 0.29) is 0 Å². The molecule has 0 saturated heterocycles. The van der Waals surface area contributed by atoms with Gasteiger partial charge >= 0.3 is 0 Å². The van der Waals surface area contributed by atoms with Crippen LogP contribution in [0.15, 0.2) is 12.7 Å². The average molecular weight is 126 g/mol. The minimum Gasteiger partial charge on any atom is -0.103 e. The Morgan fingerprint density at radius 2 is 2.25 bits per heavy atom. The van der Waals surface area contributed by atoms with Crippen LogP contribution in [-0.4, -0.2) is 10.2 Å². The second-order valence-electron chi connectivity index (χ2n) is 3.16. The Bertz CT molecular complexity index is 92.6. The van der Waals surface area contributed by atoms with Crippen LogP contribution < -0.4 is 0 Å². The lowest BCUT2D eigenvalue weighted by atomic mass is 9.81. The third-order valence-electron chi connectivity index (χ3n) is 2.20. The quantitative estimate of drug-likeness (QED) is 0.386. The molecule has 1 fully saturated rings. The van der Waals surface area contributed by atoms with E-state index in [0.29, 0.717) is 0 Å². The van der Waals surface area contributed by atoms with Gasteiger partial charge < -0.3 is 0 Å². The third kappa shape index (κ3) is 1.02. The summed E-state index contributed by atoms with van der Waals surface area (Å²) in [6, 6.07) is 0. The van der Waals surface area contributed by atoms with Crippen molar-refractivity contribution in [1.29, 1.82) is 0 Å². The van der Waals surface area contributed by atoms with Gasteiger partial charge in [-0.1, -0.05) is 25.3 Å². The largest absolute Gasteiger partial charge is 0.103 e. The van der Waals surface area contributed by atoms with E-state index in [1.54, 1.807) is 0 Å². The summed E-state index contributed by atoms with van der Waals surface area (Å²) in [6.45, 7) is 3.75. The molecule has 46 valence electrons. The molecule has 0 aliphatic heterocycles. The van der Waals surface area contributed by atoms with Crippen LogP contribution in [0.2, 0.25) is 5.04 Å². The highest BCUT2D eigenvalue weighted by molar-refractivity contribution is 6.15. The molecule has 1 aliphatic rings. The molecule has 1 saturated carbocycles. The van der Waals surface area contributed by atoms with Crippen LogP contribution in [0.3, 0.4) is 0 Å². The van der Waals surface area contributed by atoms with Gasteiger partial charge in [-0.05, 0) is 11.5 Å². The summed E-state index contributed by atoms with van der Waals surface area (Å²) in [6.07, 6.45) is 7.78. The van der Waals surface area contributed by atoms with Gasteiger partial charge in [0.15, 0.2) is 0 Å². The van der Waals surface area contributed by atoms with Crippen molar-refractivity contribution in [2.45, 2.75) is 30.7 Å². The summed E-state index contributed by atoms with van der Waals surface area (Å²) in [5.74, 6) is 0. The Morgan fingerprint density at radius 1 is 1.62 bits per heavy atom. The normalized spacial score (nSPS) is 24.5. The van der Waals surface area contributed by atoms with Gasteiger partial charge in [0.2, 0.25) is 0 Å². The van der Waals surface area contributed by atoms with Gasteiger partial charge in [-0.3, -0.25) is 0 Å². The molecule has 0 nitrogen and oxygen atoms in total. The van der Waals surface area contributed by atoms with Gasteiger partial charge in [0, 0.05) is 10.2 Å². The Kier molecular flexibility index (Phi) is 1.56. The zero-order valence-electron chi connectivity index (χ0n) is 5.61. The highest BCUT2D eigenvalue weighted by atomic mass is 28.1. The molecule has 1 aliphatic carbocycles. The van der Waals surface area contributed by atoms with Crippen LogP contribution in [0.5, 0.6) is 0 Å². The lowest BCUT2D eigenvalue weighted by molar-refractivity contribution is 0.344. The molecule has 0 aromatic heterocycles. The molecule has 0 atom stereocenters. The van der Waals surface area contributed by atoms with E-state index in [9.17, 15) is 0 Å². The summed E-state index contributed by atoms with van der Waals surface area (Å²) >= 11 is 0. The fourth-order valence-corrected chi connectivity index (χ4v) is 2.33. The molecule has 0 N–H and O–H groups in total. The Balaban J connectivity index is 2.29. The Labute approximate surface area is 54.4 Å². The zero-order chi connectivity index (χ0) is 6.04. The maximum Gasteiger partial charge on any atom is 0.0110 e. The van der Waals surface area contributed by atoms with E-state index in [2.05, 4.69) is 12.7 Å². The van der Waals surface area contributed by atoms with E-state index in [4.69, 9.17) is 0 Å². The summed E-state index contributed by atoms with van der Waals surface area (Å²) in [5, 5.41) is 0.793. The van der Waals surface area contributed by atoms with Crippen molar-refractivity contribution >= 4 is 10.2 Å². The van der Waals surface area contributed by atoms with Crippen molar-refractivity contribution in [1.82, 2.24) is 0 Å². The fourth-order valence-electron chi connectivity index (χ4n) is 1.33. The number of allylic oxidation sites excluding steroid dienone is 1. The highest BCUT2D eigenvalue weighted by Gasteiger charge is 2.29. The van der Waals surface area contributed by atoms with Crippen molar-refractivity contribution in [3.8, 4) is 0 Å². The van der Waals surface area contributed by atoms with Crippen molar-refractivity contribution in [2.24, 2.45) is 0 Å². The van der Waals surface area contributed by atoms with Gasteiger partial charge in [0.05, 0.1) is 0 Å². The number of hydrogen-bond acceptors (Lipinski definition) is 0. The van der Waals surface area contributed by atoms with Crippen LogP contribution >= 0.6 is 0 Å². The Hall–Kier alpha value is -0.0431. The standard InChI is InChI=1S/C7H14Si/c1-2-4-7(8)5-3-6-7/h2H,1,3-6H2,8H3. The first-order valence-electron chi connectivity index (χ1n) is 3.38. The molecule has 0 radical (unpaired) electrons. The van der Waals surface area contributed by atoms with Crippen molar-refractivity contribution in [3.63, 3.8) is 0 Å². The van der Waals surface area contributed by atoms with Gasteiger partial charge in [-0.2, -0.15) is 0 Å². The molecule has 8 heavy (non-hydrogen) atoms. The highest BCUT2D eigenvalue weighted by Crippen LogP contribution is 2.47. The lowest BCUT2D eigenvalue weighted by Gasteiger charge is -2.37. The minimum absolute atomic E-state index is 0.793. The van der Waals surface area contributed by atoms with Gasteiger partial charge in [0.25, 0.3) is 0 Å². The van der Waals surface area contributed by atoms with Crippen LogP contribution in [0.4, 0.5) is 0 Å². The molecule has 0 amide bonds. The molecule has 0 spiro atoms. The monoisotopic (exact) mass is 126 g/mol. The predicted octanol–water partition coefficient (Wildman–Crippen LogP) is 1.27. The third-order valence-corrected chi connectivity index (χ3v) is 3.61. The number of rotatable bonds is 2. The minimum atomic E-state index is 0.793. The second-order valence-corrected chi connectivity index (χ2v) is 5.28. The lowest BCUT2D eigenvalue weighted by Crippen LogP contribution is -2.20. The predicted molar refractivity (Wildman–Crippen MR) is 41.3 cm³/mol. The van der Waals surface area contributed by atoms with E-state index in [0.717, 1.165) is 5.04 Å². The van der Waals surface area contributed by atoms with Crippen LogP contribution in [0, 0.1) is 0 Å². The van der Waals surface area contributed by atoms with E-state index >= 15 is 0 Å². The molecule has 0 unspecified atom stereocenters. The first-order valence-corrected chi connectivity index (χ1v) is 4.38. The van der Waals surface area contributed by atoms with Crippen molar-refractivity contribution in [2.75, 3.05) is 0 Å². The van der Waals surface area contributed by atoms with Gasteiger partial charge in [-0.15, -0.1) is 6.58 Å². The summed E-state index contributed by atoms with van der Waals surface area (Å²) in [5.41, 5.74) is 0. The maximum atomic E-state index is 3.75. The molecule has 0 heterocycles. The molecule has 0 bridgehead atoms. The van der Waals surface area contributed by atoms with E-state index in [1.807, 2.05) is 0 Å². The second kappa shape index (κ2) is 2.06. The summed E-state index contributed by atoms with van der Waals surface area (Å²) in [4.78, 5) is 0. The van der Waals surface area contributed by atoms with Gasteiger partial charge in [0.1, 0.15) is 0 Å². The molecule has 1 rings (SSSR count). The Morgan fingerprint density at radius 3 is 2.38 bits per heavy atom. The summed E-state index contributed by atoms with van der Waals surface area (Å²) in [7, 11) is 1.37. The maximum absolute atomic E-state index is 3.75. The van der Waals surface area contributed by atoms with Crippen LogP contribution in [-0.2, 0) is 0 Å². The molecule has 1 heteroatoms. The first kappa shape index (κ1) is 6.08. The first-order chi connectivity index (χ1) is 3.77. The topological polar surface area (TPSA) is 0 Å². The van der Waals surface area contributed by atoms with Crippen molar-refractivity contribution in [3.05, 3.63) is 12.7 Å².